The van der Waals surface area contributed by atoms with Crippen molar-refractivity contribution in [1.29, 1.82) is 0 Å². The number of nitrogens with one attached hydrogen (secondary N) is 2. The highest BCUT2D eigenvalue weighted by molar-refractivity contribution is 7.13. The fraction of sp³-hybridized carbons (Fsp3) is 0.278. The maximum Gasteiger partial charge on any atom is 0.246 e. The Bertz CT molecular complexity index is 926. The minimum Gasteiger partial charge on any atom is -0.378 e. The SMILES string of the molecule is O=C(Cc1csc(N2CCOCC2)n1)N/N=C/c1c[nH]c2ccccc12. The lowest BCUT2D eigenvalue weighted by molar-refractivity contribution is -0.120. The zero-order valence-corrected chi connectivity index (χ0v) is 15.0. The number of anilines is 1. The number of ether oxygens (including phenoxy) is 1. The van der Waals surface area contributed by atoms with Crippen molar-refractivity contribution in [1.82, 2.24) is 15.4 Å². The van der Waals surface area contributed by atoms with E-state index >= 15 is 0 Å². The minimum atomic E-state index is -0.181. The molecule has 1 aromatic carbocycles. The maximum atomic E-state index is 12.1. The Labute approximate surface area is 154 Å². The van der Waals surface area contributed by atoms with Gasteiger partial charge in [0.1, 0.15) is 0 Å². The molecule has 1 fully saturated rings. The summed E-state index contributed by atoms with van der Waals surface area (Å²) in [4.78, 5) is 22.0. The molecule has 3 heterocycles. The van der Waals surface area contributed by atoms with Gasteiger partial charge in [-0.2, -0.15) is 5.10 Å². The van der Waals surface area contributed by atoms with Crippen molar-refractivity contribution < 1.29 is 9.53 Å². The van der Waals surface area contributed by atoms with Crippen molar-refractivity contribution >= 4 is 39.5 Å². The molecule has 1 aliphatic rings. The zero-order valence-electron chi connectivity index (χ0n) is 14.1. The summed E-state index contributed by atoms with van der Waals surface area (Å²) in [5, 5.41) is 8.00. The lowest BCUT2D eigenvalue weighted by Gasteiger charge is -2.26. The van der Waals surface area contributed by atoms with Crippen LogP contribution >= 0.6 is 11.3 Å². The van der Waals surface area contributed by atoms with Gasteiger partial charge in [0.25, 0.3) is 0 Å². The van der Waals surface area contributed by atoms with Crippen LogP contribution in [-0.4, -0.2) is 48.4 Å². The van der Waals surface area contributed by atoms with Crippen molar-refractivity contribution in [3.63, 3.8) is 0 Å². The molecule has 7 nitrogen and oxygen atoms in total. The van der Waals surface area contributed by atoms with Crippen LogP contribution in [0.4, 0.5) is 5.13 Å². The van der Waals surface area contributed by atoms with Crippen molar-refractivity contribution in [2.24, 2.45) is 5.10 Å². The van der Waals surface area contributed by atoms with Crippen molar-refractivity contribution in [2.45, 2.75) is 6.42 Å². The average molecular weight is 369 g/mol. The van der Waals surface area contributed by atoms with Gasteiger partial charge in [0.2, 0.25) is 5.91 Å². The highest BCUT2D eigenvalue weighted by Crippen LogP contribution is 2.21. The van der Waals surface area contributed by atoms with Gasteiger partial charge in [0.15, 0.2) is 5.13 Å². The van der Waals surface area contributed by atoms with Crippen LogP contribution in [0.3, 0.4) is 0 Å². The van der Waals surface area contributed by atoms with E-state index in [0.717, 1.165) is 53.6 Å². The molecule has 134 valence electrons. The molecular formula is C18H19N5O2S. The number of hydrogen-bond acceptors (Lipinski definition) is 6. The molecule has 1 saturated heterocycles. The maximum absolute atomic E-state index is 12.1. The molecular weight excluding hydrogens is 350 g/mol. The van der Waals surface area contributed by atoms with Crippen molar-refractivity contribution in [3.05, 3.63) is 47.1 Å². The van der Waals surface area contributed by atoms with Gasteiger partial charge in [-0.15, -0.1) is 11.3 Å². The standard InChI is InChI=1S/C18H19N5O2S/c24-17(9-14-12-26-18(21-14)23-5-7-25-8-6-23)22-20-11-13-10-19-16-4-2-1-3-15(13)16/h1-4,10-12,19H,5-9H2,(H,22,24)/b20-11+. The Kier molecular flexibility index (Phi) is 4.94. The third-order valence-corrected chi connectivity index (χ3v) is 5.13. The molecule has 0 radical (unpaired) electrons. The van der Waals surface area contributed by atoms with Crippen LogP contribution in [-0.2, 0) is 16.0 Å². The van der Waals surface area contributed by atoms with E-state index in [1.54, 1.807) is 17.6 Å². The van der Waals surface area contributed by atoms with Gasteiger partial charge < -0.3 is 14.6 Å². The topological polar surface area (TPSA) is 82.6 Å². The molecule has 2 N–H and O–H groups in total. The van der Waals surface area contributed by atoms with Crippen LogP contribution in [0, 0.1) is 0 Å². The van der Waals surface area contributed by atoms with E-state index < -0.39 is 0 Å². The number of hydrogen-bond donors (Lipinski definition) is 2. The Morgan fingerprint density at radius 2 is 2.23 bits per heavy atom. The largest absolute Gasteiger partial charge is 0.378 e. The van der Waals surface area contributed by atoms with Gasteiger partial charge in [-0.1, -0.05) is 18.2 Å². The number of aromatic amines is 1. The molecule has 0 saturated carbocycles. The van der Waals surface area contributed by atoms with Crippen molar-refractivity contribution in [3.8, 4) is 0 Å². The lowest BCUT2D eigenvalue weighted by atomic mass is 10.2. The van der Waals surface area contributed by atoms with Crippen molar-refractivity contribution in [2.75, 3.05) is 31.2 Å². The van der Waals surface area contributed by atoms with Crippen LogP contribution in [0.15, 0.2) is 40.9 Å². The van der Waals surface area contributed by atoms with E-state index in [-0.39, 0.29) is 12.3 Å². The number of H-pyrrole nitrogens is 1. The Hall–Kier alpha value is -2.71. The molecule has 0 atom stereocenters. The Morgan fingerprint density at radius 1 is 1.38 bits per heavy atom. The first-order valence-electron chi connectivity index (χ1n) is 8.45. The number of fused-ring (bicyclic) bond motifs is 1. The number of amides is 1. The number of nitrogens with zero attached hydrogens (tertiary/aromatic N) is 3. The molecule has 4 rings (SSSR count). The fourth-order valence-electron chi connectivity index (χ4n) is 2.86. The van der Waals surface area contributed by atoms with Gasteiger partial charge in [0, 0.05) is 41.1 Å². The predicted molar refractivity (Wildman–Crippen MR) is 103 cm³/mol. The first kappa shape index (κ1) is 16.7. The number of hydrazone groups is 1. The third kappa shape index (κ3) is 3.76. The van der Waals surface area contributed by atoms with Crippen LogP contribution in [0.1, 0.15) is 11.3 Å². The smallest absolute Gasteiger partial charge is 0.246 e. The lowest BCUT2D eigenvalue weighted by Crippen LogP contribution is -2.36. The monoisotopic (exact) mass is 369 g/mol. The normalized spacial score (nSPS) is 15.0. The highest BCUT2D eigenvalue weighted by atomic mass is 32.1. The number of carbonyl (C=O) groups is 1. The van der Waals surface area contributed by atoms with Gasteiger partial charge in [-0.3, -0.25) is 4.79 Å². The van der Waals surface area contributed by atoms with E-state index in [2.05, 4.69) is 25.4 Å². The van der Waals surface area contributed by atoms with Gasteiger partial charge in [-0.25, -0.2) is 10.4 Å². The summed E-state index contributed by atoms with van der Waals surface area (Å²) in [5.74, 6) is -0.181. The number of morpholine rings is 1. The number of para-hydroxylation sites is 1. The fourth-order valence-corrected chi connectivity index (χ4v) is 3.74. The predicted octanol–water partition coefficient (Wildman–Crippen LogP) is 2.15. The van der Waals surface area contributed by atoms with Gasteiger partial charge in [0.05, 0.1) is 31.5 Å². The summed E-state index contributed by atoms with van der Waals surface area (Å²) in [5.41, 5.74) is 5.31. The second kappa shape index (κ2) is 7.67. The van der Waals surface area contributed by atoms with E-state index in [4.69, 9.17) is 4.74 Å². The summed E-state index contributed by atoms with van der Waals surface area (Å²) < 4.78 is 5.35. The molecule has 0 aliphatic carbocycles. The number of carbonyl (C=O) groups excluding carboxylic acids is 1. The molecule has 0 spiro atoms. The minimum absolute atomic E-state index is 0.181. The van der Waals surface area contributed by atoms with Crippen LogP contribution in [0.25, 0.3) is 10.9 Å². The second-order valence-electron chi connectivity index (χ2n) is 5.98. The summed E-state index contributed by atoms with van der Waals surface area (Å²) in [7, 11) is 0. The molecule has 0 unspecified atom stereocenters. The molecule has 1 amide bonds. The number of aromatic nitrogens is 2. The summed E-state index contributed by atoms with van der Waals surface area (Å²) in [6, 6.07) is 7.96. The molecule has 26 heavy (non-hydrogen) atoms. The average Bonchev–Trinajstić information content (AvgIpc) is 3.30. The molecule has 2 aromatic heterocycles. The first-order valence-corrected chi connectivity index (χ1v) is 9.33. The Balaban J connectivity index is 1.33. The summed E-state index contributed by atoms with van der Waals surface area (Å²) in [6.45, 7) is 3.12. The molecule has 8 heteroatoms. The highest BCUT2D eigenvalue weighted by Gasteiger charge is 2.15. The molecule has 1 aliphatic heterocycles. The molecule has 0 bridgehead atoms. The quantitative estimate of drug-likeness (QED) is 0.533. The van der Waals surface area contributed by atoms with Gasteiger partial charge >= 0.3 is 0 Å². The molecule has 3 aromatic rings. The third-order valence-electron chi connectivity index (χ3n) is 4.18. The number of benzene rings is 1. The van der Waals surface area contributed by atoms with Crippen LogP contribution < -0.4 is 10.3 Å². The number of rotatable bonds is 5. The summed E-state index contributed by atoms with van der Waals surface area (Å²) in [6.07, 6.45) is 3.73. The van der Waals surface area contributed by atoms with Crippen LogP contribution in [0.2, 0.25) is 0 Å². The first-order chi connectivity index (χ1) is 12.8. The summed E-state index contributed by atoms with van der Waals surface area (Å²) >= 11 is 1.56. The van der Waals surface area contributed by atoms with Crippen LogP contribution in [0.5, 0.6) is 0 Å². The van der Waals surface area contributed by atoms with E-state index in [0.29, 0.717) is 0 Å². The van der Waals surface area contributed by atoms with Gasteiger partial charge in [-0.05, 0) is 6.07 Å². The van der Waals surface area contributed by atoms with E-state index in [1.807, 2.05) is 35.8 Å². The second-order valence-corrected chi connectivity index (χ2v) is 6.82. The number of thiazole rings is 1. The van der Waals surface area contributed by atoms with E-state index in [9.17, 15) is 4.79 Å². The zero-order chi connectivity index (χ0) is 17.8. The van der Waals surface area contributed by atoms with E-state index in [1.165, 1.54) is 0 Å². The Morgan fingerprint density at radius 3 is 3.12 bits per heavy atom.